The van der Waals surface area contributed by atoms with Crippen molar-refractivity contribution in [3.63, 3.8) is 0 Å². The van der Waals surface area contributed by atoms with Crippen LogP contribution >= 0.6 is 0 Å². The molecule has 0 aliphatic carbocycles. The van der Waals surface area contributed by atoms with Crippen molar-refractivity contribution < 1.29 is 14.3 Å². The van der Waals surface area contributed by atoms with Crippen LogP contribution in [-0.4, -0.2) is 47.6 Å². The van der Waals surface area contributed by atoms with Gasteiger partial charge < -0.3 is 15.0 Å². The van der Waals surface area contributed by atoms with Gasteiger partial charge in [-0.2, -0.15) is 0 Å². The van der Waals surface area contributed by atoms with Crippen LogP contribution in [0.4, 0.5) is 0 Å². The van der Waals surface area contributed by atoms with Crippen LogP contribution in [-0.2, 0) is 14.3 Å². The summed E-state index contributed by atoms with van der Waals surface area (Å²) < 4.78 is 5.62. The summed E-state index contributed by atoms with van der Waals surface area (Å²) in [5.74, 6) is 0.133. The summed E-state index contributed by atoms with van der Waals surface area (Å²) in [4.78, 5) is 27.3. The lowest BCUT2D eigenvalue weighted by molar-refractivity contribution is -0.165. The summed E-state index contributed by atoms with van der Waals surface area (Å²) in [6.45, 7) is 9.35. The molecule has 2 saturated heterocycles. The molecule has 0 saturated carbocycles. The molecular formula is C16H28N2O3. The molecule has 120 valence electrons. The first-order chi connectivity index (χ1) is 9.90. The molecular weight excluding hydrogens is 268 g/mol. The molecule has 3 atom stereocenters. The van der Waals surface area contributed by atoms with Crippen LogP contribution in [0.25, 0.3) is 0 Å². The fourth-order valence-electron chi connectivity index (χ4n) is 3.54. The van der Waals surface area contributed by atoms with E-state index >= 15 is 0 Å². The van der Waals surface area contributed by atoms with E-state index in [4.69, 9.17) is 4.74 Å². The van der Waals surface area contributed by atoms with Crippen molar-refractivity contribution in [1.82, 2.24) is 10.2 Å². The Hall–Kier alpha value is -1.10. The quantitative estimate of drug-likeness (QED) is 0.859. The van der Waals surface area contributed by atoms with Gasteiger partial charge >= 0.3 is 0 Å². The maximum Gasteiger partial charge on any atom is 0.246 e. The van der Waals surface area contributed by atoms with Crippen LogP contribution < -0.4 is 5.32 Å². The number of ether oxygens (including phenoxy) is 1. The van der Waals surface area contributed by atoms with E-state index in [0.717, 1.165) is 25.9 Å². The van der Waals surface area contributed by atoms with Crippen molar-refractivity contribution in [2.24, 2.45) is 5.92 Å². The summed E-state index contributed by atoms with van der Waals surface area (Å²) in [6, 6.07) is -0.770. The van der Waals surface area contributed by atoms with E-state index < -0.39 is 6.04 Å². The minimum atomic E-state index is -0.391. The van der Waals surface area contributed by atoms with Gasteiger partial charge in [0.25, 0.3) is 0 Å². The largest absolute Gasteiger partial charge is 0.379 e. The zero-order valence-electron chi connectivity index (χ0n) is 13.6. The molecule has 0 spiro atoms. The summed E-state index contributed by atoms with van der Waals surface area (Å²) in [5.41, 5.74) is -0.367. The molecule has 0 aromatic heterocycles. The predicted molar refractivity (Wildman–Crippen MR) is 80.8 cm³/mol. The van der Waals surface area contributed by atoms with Crippen LogP contribution in [0.5, 0.6) is 0 Å². The third-order valence-electron chi connectivity index (χ3n) is 4.61. The number of nitrogens with zero attached hydrogens (tertiary/aromatic N) is 1. The molecule has 2 heterocycles. The van der Waals surface area contributed by atoms with Gasteiger partial charge in [-0.25, -0.2) is 0 Å². The third kappa shape index (κ3) is 3.07. The summed E-state index contributed by atoms with van der Waals surface area (Å²) in [6.07, 6.45) is 3.41. The van der Waals surface area contributed by atoms with Gasteiger partial charge in [0.05, 0.1) is 12.1 Å². The highest BCUT2D eigenvalue weighted by molar-refractivity contribution is 5.97. The Morgan fingerprint density at radius 3 is 2.67 bits per heavy atom. The zero-order valence-corrected chi connectivity index (χ0v) is 13.6. The van der Waals surface area contributed by atoms with E-state index in [1.165, 1.54) is 0 Å². The molecule has 2 aliphatic heterocycles. The molecule has 21 heavy (non-hydrogen) atoms. The van der Waals surface area contributed by atoms with Gasteiger partial charge in [0.2, 0.25) is 11.8 Å². The number of carbonyl (C=O) groups is 2. The van der Waals surface area contributed by atoms with Crippen molar-refractivity contribution in [1.29, 1.82) is 0 Å². The summed E-state index contributed by atoms with van der Waals surface area (Å²) in [7, 11) is 0. The van der Waals surface area contributed by atoms with Gasteiger partial charge in [0.15, 0.2) is 0 Å². The Morgan fingerprint density at radius 1 is 1.43 bits per heavy atom. The first kappa shape index (κ1) is 16.3. The molecule has 0 bridgehead atoms. The highest BCUT2D eigenvalue weighted by Crippen LogP contribution is 2.33. The SMILES string of the molecule is CCCC1NC(=O)C(C(C)C)N(C2(C)CCCOC2)C1=O. The van der Waals surface area contributed by atoms with E-state index in [-0.39, 0.29) is 29.3 Å². The van der Waals surface area contributed by atoms with Gasteiger partial charge in [0, 0.05) is 6.61 Å². The van der Waals surface area contributed by atoms with E-state index in [2.05, 4.69) is 12.2 Å². The number of nitrogens with one attached hydrogen (secondary N) is 1. The second kappa shape index (κ2) is 6.34. The fourth-order valence-corrected chi connectivity index (χ4v) is 3.54. The number of rotatable bonds is 4. The van der Waals surface area contributed by atoms with Crippen molar-refractivity contribution in [3.8, 4) is 0 Å². The van der Waals surface area contributed by atoms with Crippen molar-refractivity contribution in [2.45, 2.75) is 71.0 Å². The van der Waals surface area contributed by atoms with Gasteiger partial charge in [-0.05, 0) is 32.1 Å². The molecule has 0 aromatic rings. The Labute approximate surface area is 127 Å². The second-order valence-corrected chi connectivity index (χ2v) is 6.90. The first-order valence-corrected chi connectivity index (χ1v) is 8.12. The van der Waals surface area contributed by atoms with E-state index in [1.54, 1.807) is 0 Å². The third-order valence-corrected chi connectivity index (χ3v) is 4.61. The zero-order chi connectivity index (χ0) is 15.6. The predicted octanol–water partition coefficient (Wildman–Crippen LogP) is 1.71. The maximum atomic E-state index is 12.9. The Morgan fingerprint density at radius 2 is 2.14 bits per heavy atom. The highest BCUT2D eigenvalue weighted by atomic mass is 16.5. The van der Waals surface area contributed by atoms with Gasteiger partial charge in [-0.15, -0.1) is 0 Å². The van der Waals surface area contributed by atoms with Crippen LogP contribution in [0, 0.1) is 5.92 Å². The Balaban J connectivity index is 2.33. The molecule has 0 radical (unpaired) electrons. The lowest BCUT2D eigenvalue weighted by Gasteiger charge is -2.51. The smallest absolute Gasteiger partial charge is 0.246 e. The van der Waals surface area contributed by atoms with Crippen molar-refractivity contribution >= 4 is 11.8 Å². The van der Waals surface area contributed by atoms with Crippen LogP contribution in [0.3, 0.4) is 0 Å². The van der Waals surface area contributed by atoms with Crippen molar-refractivity contribution in [2.75, 3.05) is 13.2 Å². The van der Waals surface area contributed by atoms with Crippen LogP contribution in [0.15, 0.2) is 0 Å². The van der Waals surface area contributed by atoms with Crippen molar-refractivity contribution in [3.05, 3.63) is 0 Å². The number of piperazine rings is 1. The molecule has 1 N–H and O–H groups in total. The molecule has 2 rings (SSSR count). The van der Waals surface area contributed by atoms with E-state index in [0.29, 0.717) is 13.0 Å². The first-order valence-electron chi connectivity index (χ1n) is 8.12. The van der Waals surface area contributed by atoms with E-state index in [1.807, 2.05) is 25.7 Å². The molecule has 2 aliphatic rings. The lowest BCUT2D eigenvalue weighted by atomic mass is 9.85. The van der Waals surface area contributed by atoms with Crippen LogP contribution in [0.2, 0.25) is 0 Å². The summed E-state index contributed by atoms with van der Waals surface area (Å²) >= 11 is 0. The Bertz CT molecular complexity index is 402. The van der Waals surface area contributed by atoms with Gasteiger partial charge in [-0.3, -0.25) is 9.59 Å². The monoisotopic (exact) mass is 296 g/mol. The Kier molecular flexibility index (Phi) is 4.91. The summed E-state index contributed by atoms with van der Waals surface area (Å²) in [5, 5.41) is 2.91. The minimum absolute atomic E-state index is 0.0187. The standard InChI is InChI=1S/C16H28N2O3/c1-5-7-12-15(20)18(13(11(2)3)14(19)17-12)16(4)8-6-9-21-10-16/h11-13H,5-10H2,1-4H3,(H,17,19). The average molecular weight is 296 g/mol. The lowest BCUT2D eigenvalue weighted by Crippen LogP contribution is -2.71. The molecule has 2 amide bonds. The molecule has 3 unspecified atom stereocenters. The molecule has 2 fully saturated rings. The fraction of sp³-hybridized carbons (Fsp3) is 0.875. The number of carbonyl (C=O) groups excluding carboxylic acids is 2. The molecule has 5 nitrogen and oxygen atoms in total. The number of hydrogen-bond donors (Lipinski definition) is 1. The normalized spacial score (nSPS) is 34.2. The number of amides is 2. The van der Waals surface area contributed by atoms with Crippen LogP contribution in [0.1, 0.15) is 53.4 Å². The molecule has 5 heteroatoms. The second-order valence-electron chi connectivity index (χ2n) is 6.90. The topological polar surface area (TPSA) is 58.6 Å². The minimum Gasteiger partial charge on any atom is -0.379 e. The maximum absolute atomic E-state index is 12.9. The van der Waals surface area contributed by atoms with E-state index in [9.17, 15) is 9.59 Å². The average Bonchev–Trinajstić information content (AvgIpc) is 2.42. The highest BCUT2D eigenvalue weighted by Gasteiger charge is 2.49. The molecule has 0 aromatic carbocycles. The van der Waals surface area contributed by atoms with Gasteiger partial charge in [0.1, 0.15) is 12.1 Å². The van der Waals surface area contributed by atoms with Gasteiger partial charge in [-0.1, -0.05) is 27.2 Å². The number of hydrogen-bond acceptors (Lipinski definition) is 3.